The number of nitrogen functional groups attached to an aromatic ring is 1. The summed E-state index contributed by atoms with van der Waals surface area (Å²) in [5.74, 6) is 0.760. The molecular weight excluding hydrogens is 214 g/mol. The Hall–Kier alpha value is -2.17. The molecule has 0 saturated carbocycles. The van der Waals surface area contributed by atoms with Gasteiger partial charge < -0.3 is 10.6 Å². The molecule has 0 fully saturated rings. The fourth-order valence-electron chi connectivity index (χ4n) is 1.59. The maximum atomic E-state index is 5.81. The van der Waals surface area contributed by atoms with E-state index in [0.29, 0.717) is 5.69 Å². The highest BCUT2D eigenvalue weighted by atomic mass is 15.2. The summed E-state index contributed by atoms with van der Waals surface area (Å²) in [5, 5.41) is 0. The molecule has 0 saturated heterocycles. The first-order chi connectivity index (χ1) is 8.27. The average Bonchev–Trinajstić information content (AvgIpc) is 2.38. The Morgan fingerprint density at radius 2 is 2.18 bits per heavy atom. The SMILES string of the molecule is CN(CCc1ccccn1)c1ncncc1N. The normalized spacial score (nSPS) is 10.2. The van der Waals surface area contributed by atoms with E-state index in [1.54, 1.807) is 12.4 Å². The molecule has 88 valence electrons. The van der Waals surface area contributed by atoms with Crippen LogP contribution in [-0.2, 0) is 6.42 Å². The molecule has 0 radical (unpaired) electrons. The molecule has 5 heteroatoms. The molecule has 0 bridgehead atoms. The van der Waals surface area contributed by atoms with Crippen molar-refractivity contribution >= 4 is 11.5 Å². The zero-order valence-corrected chi connectivity index (χ0v) is 9.74. The van der Waals surface area contributed by atoms with Crippen molar-refractivity contribution in [2.75, 3.05) is 24.2 Å². The van der Waals surface area contributed by atoms with Crippen molar-refractivity contribution < 1.29 is 0 Å². The molecule has 5 nitrogen and oxygen atoms in total. The summed E-state index contributed by atoms with van der Waals surface area (Å²) in [4.78, 5) is 14.3. The first kappa shape index (κ1) is 11.3. The minimum atomic E-state index is 0.594. The molecule has 2 heterocycles. The van der Waals surface area contributed by atoms with Crippen LogP contribution in [0.3, 0.4) is 0 Å². The van der Waals surface area contributed by atoms with Crippen LogP contribution in [0.1, 0.15) is 5.69 Å². The third kappa shape index (κ3) is 2.90. The smallest absolute Gasteiger partial charge is 0.154 e. The second-order valence-corrected chi connectivity index (χ2v) is 3.79. The van der Waals surface area contributed by atoms with Crippen LogP contribution < -0.4 is 10.6 Å². The Kier molecular flexibility index (Phi) is 3.49. The number of likely N-dealkylation sites (N-methyl/N-ethyl adjacent to an activating group) is 1. The van der Waals surface area contributed by atoms with Gasteiger partial charge in [0.15, 0.2) is 5.82 Å². The number of nitrogens with zero attached hydrogens (tertiary/aromatic N) is 4. The molecule has 0 unspecified atom stereocenters. The lowest BCUT2D eigenvalue weighted by Gasteiger charge is -2.18. The maximum Gasteiger partial charge on any atom is 0.154 e. The van der Waals surface area contributed by atoms with Gasteiger partial charge in [-0.3, -0.25) is 4.98 Å². The zero-order valence-electron chi connectivity index (χ0n) is 9.74. The van der Waals surface area contributed by atoms with Crippen molar-refractivity contribution in [1.29, 1.82) is 0 Å². The molecule has 0 aliphatic carbocycles. The minimum absolute atomic E-state index is 0.594. The van der Waals surface area contributed by atoms with Gasteiger partial charge in [-0.25, -0.2) is 9.97 Å². The minimum Gasteiger partial charge on any atom is -0.394 e. The Bertz CT molecular complexity index is 471. The third-order valence-electron chi connectivity index (χ3n) is 2.51. The Morgan fingerprint density at radius 1 is 1.29 bits per heavy atom. The predicted octanol–water partition coefficient (Wildman–Crippen LogP) is 1.13. The summed E-state index contributed by atoms with van der Waals surface area (Å²) in [6.07, 6.45) is 5.78. The highest BCUT2D eigenvalue weighted by Gasteiger charge is 2.06. The summed E-state index contributed by atoms with van der Waals surface area (Å²) < 4.78 is 0. The highest BCUT2D eigenvalue weighted by molar-refractivity contribution is 5.60. The lowest BCUT2D eigenvalue weighted by molar-refractivity contribution is 0.837. The summed E-state index contributed by atoms with van der Waals surface area (Å²) in [7, 11) is 1.96. The van der Waals surface area contributed by atoms with Crippen LogP contribution in [0, 0.1) is 0 Å². The van der Waals surface area contributed by atoms with E-state index in [2.05, 4.69) is 15.0 Å². The van der Waals surface area contributed by atoms with Crippen LogP contribution in [-0.4, -0.2) is 28.5 Å². The topological polar surface area (TPSA) is 67.9 Å². The summed E-state index contributed by atoms with van der Waals surface area (Å²) in [6, 6.07) is 5.91. The van der Waals surface area contributed by atoms with Crippen molar-refractivity contribution in [3.63, 3.8) is 0 Å². The lowest BCUT2D eigenvalue weighted by Crippen LogP contribution is -2.22. The molecule has 2 aromatic rings. The summed E-state index contributed by atoms with van der Waals surface area (Å²) in [5.41, 5.74) is 7.46. The largest absolute Gasteiger partial charge is 0.394 e. The lowest BCUT2D eigenvalue weighted by atomic mass is 10.2. The number of rotatable bonds is 4. The molecule has 0 amide bonds. The van der Waals surface area contributed by atoms with Gasteiger partial charge in [-0.2, -0.15) is 0 Å². The number of pyridine rings is 1. The van der Waals surface area contributed by atoms with Gasteiger partial charge in [0.25, 0.3) is 0 Å². The van der Waals surface area contributed by atoms with Crippen molar-refractivity contribution in [3.05, 3.63) is 42.6 Å². The fraction of sp³-hybridized carbons (Fsp3) is 0.250. The van der Waals surface area contributed by atoms with E-state index < -0.39 is 0 Å². The van der Waals surface area contributed by atoms with Gasteiger partial charge in [0.1, 0.15) is 6.33 Å². The molecule has 2 N–H and O–H groups in total. The second-order valence-electron chi connectivity index (χ2n) is 3.79. The zero-order chi connectivity index (χ0) is 12.1. The number of nitrogens with two attached hydrogens (primary N) is 1. The van der Waals surface area contributed by atoms with Gasteiger partial charge in [0, 0.05) is 31.9 Å². The Morgan fingerprint density at radius 3 is 2.88 bits per heavy atom. The third-order valence-corrected chi connectivity index (χ3v) is 2.51. The van der Waals surface area contributed by atoms with E-state index in [4.69, 9.17) is 5.73 Å². The van der Waals surface area contributed by atoms with Crippen LogP contribution in [0.4, 0.5) is 11.5 Å². The molecule has 0 aliphatic rings. The molecule has 17 heavy (non-hydrogen) atoms. The fourth-order valence-corrected chi connectivity index (χ4v) is 1.59. The maximum absolute atomic E-state index is 5.81. The van der Waals surface area contributed by atoms with Crippen LogP contribution in [0.5, 0.6) is 0 Å². The number of anilines is 2. The van der Waals surface area contributed by atoms with Crippen molar-refractivity contribution in [2.24, 2.45) is 0 Å². The standard InChI is InChI=1S/C12H15N5/c1-17(12-11(13)8-14-9-16-12)7-5-10-4-2-3-6-15-10/h2-4,6,8-9H,5,7,13H2,1H3. The number of hydrogen-bond acceptors (Lipinski definition) is 5. The molecule has 2 aromatic heterocycles. The summed E-state index contributed by atoms with van der Waals surface area (Å²) >= 11 is 0. The number of aromatic nitrogens is 3. The van der Waals surface area contributed by atoms with Gasteiger partial charge in [0.05, 0.1) is 11.9 Å². The van der Waals surface area contributed by atoms with Crippen LogP contribution >= 0.6 is 0 Å². The quantitative estimate of drug-likeness (QED) is 0.851. The molecule has 0 atom stereocenters. The monoisotopic (exact) mass is 229 g/mol. The Labute approximate surface area is 100 Å². The van der Waals surface area contributed by atoms with Gasteiger partial charge in [-0.15, -0.1) is 0 Å². The van der Waals surface area contributed by atoms with E-state index in [9.17, 15) is 0 Å². The van der Waals surface area contributed by atoms with Crippen molar-refractivity contribution in [2.45, 2.75) is 6.42 Å². The van der Waals surface area contributed by atoms with E-state index in [1.165, 1.54) is 6.33 Å². The van der Waals surface area contributed by atoms with E-state index in [0.717, 1.165) is 24.5 Å². The van der Waals surface area contributed by atoms with Crippen LogP contribution in [0.25, 0.3) is 0 Å². The summed E-state index contributed by atoms with van der Waals surface area (Å²) in [6.45, 7) is 0.818. The van der Waals surface area contributed by atoms with E-state index >= 15 is 0 Å². The molecule has 2 rings (SSSR count). The first-order valence-electron chi connectivity index (χ1n) is 5.44. The average molecular weight is 229 g/mol. The molecular formula is C12H15N5. The number of hydrogen-bond donors (Lipinski definition) is 1. The highest BCUT2D eigenvalue weighted by Crippen LogP contribution is 2.16. The van der Waals surface area contributed by atoms with Crippen LogP contribution in [0.15, 0.2) is 36.9 Å². The molecule has 0 aromatic carbocycles. The van der Waals surface area contributed by atoms with E-state index in [1.807, 2.05) is 30.1 Å². The second kappa shape index (κ2) is 5.25. The first-order valence-corrected chi connectivity index (χ1v) is 5.44. The van der Waals surface area contributed by atoms with E-state index in [-0.39, 0.29) is 0 Å². The van der Waals surface area contributed by atoms with Crippen LogP contribution in [0.2, 0.25) is 0 Å². The molecule has 0 aliphatic heterocycles. The van der Waals surface area contributed by atoms with Gasteiger partial charge in [0.2, 0.25) is 0 Å². The van der Waals surface area contributed by atoms with Crippen molar-refractivity contribution in [1.82, 2.24) is 15.0 Å². The van der Waals surface area contributed by atoms with Gasteiger partial charge in [-0.05, 0) is 12.1 Å². The Balaban J connectivity index is 1.99. The predicted molar refractivity (Wildman–Crippen MR) is 67.7 cm³/mol. The molecule has 0 spiro atoms. The van der Waals surface area contributed by atoms with Gasteiger partial charge >= 0.3 is 0 Å². The van der Waals surface area contributed by atoms with Gasteiger partial charge in [-0.1, -0.05) is 6.07 Å². The van der Waals surface area contributed by atoms with Crippen molar-refractivity contribution in [3.8, 4) is 0 Å².